The van der Waals surface area contributed by atoms with Crippen molar-refractivity contribution < 1.29 is 17.9 Å². The van der Waals surface area contributed by atoms with Gasteiger partial charge in [-0.15, -0.1) is 11.3 Å². The average molecular weight is 472 g/mol. The average Bonchev–Trinajstić information content (AvgIpc) is 3.45. The Labute approximate surface area is 191 Å². The molecule has 0 unspecified atom stereocenters. The van der Waals surface area contributed by atoms with Gasteiger partial charge in [-0.2, -0.15) is 4.31 Å². The van der Waals surface area contributed by atoms with Crippen LogP contribution in [0.5, 0.6) is 5.75 Å². The highest BCUT2D eigenvalue weighted by Gasteiger charge is 2.41. The summed E-state index contributed by atoms with van der Waals surface area (Å²) in [6, 6.07) is 10.7. The van der Waals surface area contributed by atoms with E-state index in [2.05, 4.69) is 10.3 Å². The van der Waals surface area contributed by atoms with Gasteiger partial charge in [0.1, 0.15) is 5.75 Å². The SMILES string of the molecule is C[C@H]1CN(S(=O)(=O)c2ccc3c(c2)C(C)(C)CO3)C[C@@H]1C(=O)Nc1ccc2scnc2c1. The predicted octanol–water partition coefficient (Wildman–Crippen LogP) is 3.86. The third-order valence-corrected chi connectivity index (χ3v) is 9.06. The van der Waals surface area contributed by atoms with Gasteiger partial charge in [0.2, 0.25) is 15.9 Å². The summed E-state index contributed by atoms with van der Waals surface area (Å²) in [7, 11) is -3.71. The molecule has 2 aliphatic rings. The molecule has 3 heterocycles. The number of nitrogens with one attached hydrogen (secondary N) is 1. The highest BCUT2D eigenvalue weighted by atomic mass is 32.2. The summed E-state index contributed by atoms with van der Waals surface area (Å²) in [6.45, 7) is 6.99. The molecular weight excluding hydrogens is 446 g/mol. The van der Waals surface area contributed by atoms with Gasteiger partial charge in [-0.3, -0.25) is 4.79 Å². The Hall–Kier alpha value is -2.49. The van der Waals surface area contributed by atoms with Gasteiger partial charge in [0.25, 0.3) is 0 Å². The van der Waals surface area contributed by atoms with Gasteiger partial charge >= 0.3 is 0 Å². The molecular formula is C23H25N3O4S2. The van der Waals surface area contributed by atoms with Crippen molar-refractivity contribution >= 4 is 43.2 Å². The number of sulfonamides is 1. The molecule has 0 aliphatic carbocycles. The van der Waals surface area contributed by atoms with Crippen molar-refractivity contribution in [2.24, 2.45) is 11.8 Å². The van der Waals surface area contributed by atoms with E-state index in [4.69, 9.17) is 4.74 Å². The van der Waals surface area contributed by atoms with Gasteiger partial charge in [0.05, 0.1) is 33.1 Å². The summed E-state index contributed by atoms with van der Waals surface area (Å²) >= 11 is 1.54. The van der Waals surface area contributed by atoms with Gasteiger partial charge in [-0.25, -0.2) is 13.4 Å². The number of rotatable bonds is 4. The Morgan fingerprint density at radius 2 is 2.03 bits per heavy atom. The van der Waals surface area contributed by atoms with Crippen LogP contribution in [-0.4, -0.2) is 43.3 Å². The van der Waals surface area contributed by atoms with E-state index in [1.165, 1.54) is 4.31 Å². The second-order valence-electron chi connectivity index (χ2n) is 9.26. The van der Waals surface area contributed by atoms with Crippen molar-refractivity contribution in [3.8, 4) is 5.75 Å². The Bertz CT molecular complexity index is 1320. The Kier molecular flexibility index (Phi) is 5.03. The predicted molar refractivity (Wildman–Crippen MR) is 125 cm³/mol. The number of hydrogen-bond donors (Lipinski definition) is 1. The third kappa shape index (κ3) is 3.58. The molecule has 1 amide bonds. The van der Waals surface area contributed by atoms with Crippen LogP contribution in [-0.2, 0) is 20.2 Å². The molecule has 0 bridgehead atoms. The molecule has 1 fully saturated rings. The summed E-state index contributed by atoms with van der Waals surface area (Å²) in [4.78, 5) is 17.5. The van der Waals surface area contributed by atoms with Crippen LogP contribution in [0.1, 0.15) is 26.3 Å². The lowest BCUT2D eigenvalue weighted by Crippen LogP contribution is -2.32. The first-order valence-electron chi connectivity index (χ1n) is 10.6. The Balaban J connectivity index is 1.34. The molecule has 2 atom stereocenters. The van der Waals surface area contributed by atoms with Crippen molar-refractivity contribution in [2.45, 2.75) is 31.1 Å². The second kappa shape index (κ2) is 7.54. The number of amides is 1. The van der Waals surface area contributed by atoms with E-state index in [9.17, 15) is 13.2 Å². The van der Waals surface area contributed by atoms with E-state index in [0.717, 1.165) is 21.5 Å². The van der Waals surface area contributed by atoms with E-state index in [1.54, 1.807) is 35.0 Å². The first-order valence-corrected chi connectivity index (χ1v) is 12.9. The number of fused-ring (bicyclic) bond motifs is 2. The zero-order valence-electron chi connectivity index (χ0n) is 18.2. The quantitative estimate of drug-likeness (QED) is 0.624. The normalized spacial score (nSPS) is 22.6. The largest absolute Gasteiger partial charge is 0.492 e. The first-order chi connectivity index (χ1) is 15.1. The number of aromatic nitrogens is 1. The molecule has 0 radical (unpaired) electrons. The summed E-state index contributed by atoms with van der Waals surface area (Å²) in [5.74, 6) is 0.0402. The minimum atomic E-state index is -3.71. The Morgan fingerprint density at radius 3 is 2.84 bits per heavy atom. The van der Waals surface area contributed by atoms with E-state index in [0.29, 0.717) is 18.8 Å². The zero-order valence-corrected chi connectivity index (χ0v) is 19.8. The van der Waals surface area contributed by atoms with Gasteiger partial charge in [-0.1, -0.05) is 20.8 Å². The standard InChI is InChI=1S/C23H25N3O4S2/c1-14-10-26(32(28,29)16-5-6-20-18(9-16)23(2,3)12-30-20)11-17(14)22(27)25-15-4-7-21-19(8-15)24-13-31-21/h4-9,13-14,17H,10-12H2,1-3H3,(H,25,27)/t14-,17-/m0/s1. The Morgan fingerprint density at radius 1 is 1.22 bits per heavy atom. The van der Waals surface area contributed by atoms with Crippen molar-refractivity contribution in [3.05, 3.63) is 47.5 Å². The lowest BCUT2D eigenvalue weighted by molar-refractivity contribution is -0.120. The summed E-state index contributed by atoms with van der Waals surface area (Å²) in [6.07, 6.45) is 0. The summed E-state index contributed by atoms with van der Waals surface area (Å²) in [5, 5.41) is 2.94. The van der Waals surface area contributed by atoms with Crippen LogP contribution in [0.25, 0.3) is 10.2 Å². The van der Waals surface area contributed by atoms with Crippen molar-refractivity contribution in [1.82, 2.24) is 9.29 Å². The summed E-state index contributed by atoms with van der Waals surface area (Å²) < 4.78 is 34.9. The number of carbonyl (C=O) groups excluding carboxylic acids is 1. The minimum Gasteiger partial charge on any atom is -0.492 e. The fourth-order valence-electron chi connectivity index (χ4n) is 4.44. The smallest absolute Gasteiger partial charge is 0.243 e. The molecule has 168 valence electrons. The maximum absolute atomic E-state index is 13.4. The van der Waals surface area contributed by atoms with Crippen LogP contribution < -0.4 is 10.1 Å². The van der Waals surface area contributed by atoms with Gasteiger partial charge in [-0.05, 0) is 42.3 Å². The molecule has 1 aromatic heterocycles. The number of anilines is 1. The molecule has 1 N–H and O–H groups in total. The fourth-order valence-corrected chi connectivity index (χ4v) is 6.69. The molecule has 2 aliphatic heterocycles. The fraction of sp³-hybridized carbons (Fsp3) is 0.391. The topological polar surface area (TPSA) is 88.6 Å². The second-order valence-corrected chi connectivity index (χ2v) is 12.1. The van der Waals surface area contributed by atoms with Crippen LogP contribution in [0, 0.1) is 11.8 Å². The van der Waals surface area contributed by atoms with Crippen LogP contribution >= 0.6 is 11.3 Å². The minimum absolute atomic E-state index is 0.0954. The van der Waals surface area contributed by atoms with Crippen LogP contribution in [0.3, 0.4) is 0 Å². The maximum Gasteiger partial charge on any atom is 0.243 e. The maximum atomic E-state index is 13.4. The van der Waals surface area contributed by atoms with Gasteiger partial charge in [0.15, 0.2) is 0 Å². The molecule has 32 heavy (non-hydrogen) atoms. The number of hydrogen-bond acceptors (Lipinski definition) is 6. The van der Waals surface area contributed by atoms with Crippen molar-refractivity contribution in [3.63, 3.8) is 0 Å². The number of ether oxygens (including phenoxy) is 1. The molecule has 9 heteroatoms. The van der Waals surface area contributed by atoms with Crippen LogP contribution in [0.4, 0.5) is 5.69 Å². The van der Waals surface area contributed by atoms with Crippen molar-refractivity contribution in [1.29, 1.82) is 0 Å². The number of carbonyl (C=O) groups is 1. The molecule has 2 aromatic carbocycles. The lowest BCUT2D eigenvalue weighted by Gasteiger charge is -2.19. The lowest BCUT2D eigenvalue weighted by atomic mass is 9.87. The van der Waals surface area contributed by atoms with Gasteiger partial charge < -0.3 is 10.1 Å². The monoisotopic (exact) mass is 471 g/mol. The molecule has 1 saturated heterocycles. The molecule has 5 rings (SSSR count). The highest BCUT2D eigenvalue weighted by Crippen LogP contribution is 2.40. The van der Waals surface area contributed by atoms with E-state index < -0.39 is 15.9 Å². The van der Waals surface area contributed by atoms with E-state index in [-0.39, 0.29) is 28.7 Å². The molecule has 0 spiro atoms. The number of benzene rings is 2. The number of thiazole rings is 1. The first kappa shape index (κ1) is 21.4. The van der Waals surface area contributed by atoms with Crippen LogP contribution in [0.2, 0.25) is 0 Å². The zero-order chi connectivity index (χ0) is 22.7. The third-order valence-electron chi connectivity index (χ3n) is 6.42. The van der Waals surface area contributed by atoms with E-state index in [1.807, 2.05) is 39.0 Å². The highest BCUT2D eigenvalue weighted by molar-refractivity contribution is 7.89. The van der Waals surface area contributed by atoms with Crippen LogP contribution in [0.15, 0.2) is 46.8 Å². The summed E-state index contributed by atoms with van der Waals surface area (Å²) in [5.41, 5.74) is 3.94. The van der Waals surface area contributed by atoms with Crippen molar-refractivity contribution in [2.75, 3.05) is 25.0 Å². The molecule has 3 aromatic rings. The van der Waals surface area contributed by atoms with E-state index >= 15 is 0 Å². The molecule has 0 saturated carbocycles. The number of nitrogens with zero attached hydrogens (tertiary/aromatic N) is 2. The molecule has 7 nitrogen and oxygen atoms in total. The van der Waals surface area contributed by atoms with Gasteiger partial charge in [0, 0.05) is 29.8 Å².